The molecule has 104 valence electrons. The summed E-state index contributed by atoms with van der Waals surface area (Å²) in [7, 11) is 0. The van der Waals surface area contributed by atoms with Crippen molar-refractivity contribution in [3.63, 3.8) is 0 Å². The van der Waals surface area contributed by atoms with Crippen molar-refractivity contribution >= 4 is 0 Å². The second-order valence-electron chi connectivity index (χ2n) is 4.77. The van der Waals surface area contributed by atoms with Crippen LogP contribution in [0.5, 0.6) is 0 Å². The highest BCUT2D eigenvalue weighted by atomic mass is 16.3. The molecule has 0 fully saturated rings. The molecule has 0 aromatic carbocycles. The summed E-state index contributed by atoms with van der Waals surface area (Å²) in [6.45, 7) is 2.31. The fourth-order valence-corrected chi connectivity index (χ4v) is 2.60. The van der Waals surface area contributed by atoms with E-state index in [0.29, 0.717) is 25.7 Å². The van der Waals surface area contributed by atoms with Gasteiger partial charge < -0.3 is 20.4 Å². The van der Waals surface area contributed by atoms with Crippen molar-refractivity contribution in [2.24, 2.45) is 5.41 Å². The molecular weight excluding hydrogens is 220 g/mol. The molecule has 0 radical (unpaired) electrons. The summed E-state index contributed by atoms with van der Waals surface area (Å²) in [5.74, 6) is 0. The van der Waals surface area contributed by atoms with E-state index in [1.54, 1.807) is 0 Å². The lowest BCUT2D eigenvalue weighted by Gasteiger charge is -2.38. The van der Waals surface area contributed by atoms with Gasteiger partial charge in [-0.15, -0.1) is 0 Å². The van der Waals surface area contributed by atoms with Gasteiger partial charge in [0.25, 0.3) is 0 Å². The molecule has 0 rings (SSSR count). The normalized spacial score (nSPS) is 13.9. The third-order valence-corrected chi connectivity index (χ3v) is 3.59. The average molecular weight is 248 g/mol. The van der Waals surface area contributed by atoms with Crippen molar-refractivity contribution in [1.82, 2.24) is 0 Å². The fraction of sp³-hybridized carbons (Fsp3) is 1.00. The highest BCUT2D eigenvalue weighted by Gasteiger charge is 2.35. The number of aliphatic hydroxyl groups excluding tert-OH is 4. The van der Waals surface area contributed by atoms with Crippen molar-refractivity contribution in [3.8, 4) is 0 Å². The molecule has 0 saturated heterocycles. The Balaban J connectivity index is 4.63. The zero-order chi connectivity index (χ0) is 13.1. The van der Waals surface area contributed by atoms with E-state index < -0.39 is 6.10 Å². The van der Waals surface area contributed by atoms with Crippen molar-refractivity contribution in [1.29, 1.82) is 0 Å². The fourth-order valence-electron chi connectivity index (χ4n) is 2.60. The second-order valence-corrected chi connectivity index (χ2v) is 4.77. The minimum atomic E-state index is -0.424. The number of hydrogen-bond acceptors (Lipinski definition) is 4. The largest absolute Gasteiger partial charge is 0.396 e. The van der Waals surface area contributed by atoms with Crippen LogP contribution in [0.2, 0.25) is 0 Å². The molecule has 17 heavy (non-hydrogen) atoms. The van der Waals surface area contributed by atoms with Crippen LogP contribution in [0.25, 0.3) is 0 Å². The molecule has 0 aromatic heterocycles. The Bertz CT molecular complexity index is 151. The Morgan fingerprint density at radius 3 is 1.41 bits per heavy atom. The number of hydrogen-bond donors (Lipinski definition) is 4. The van der Waals surface area contributed by atoms with Crippen molar-refractivity contribution < 1.29 is 20.4 Å². The molecule has 4 N–H and O–H groups in total. The van der Waals surface area contributed by atoms with Crippen LogP contribution in [0, 0.1) is 5.41 Å². The zero-order valence-corrected chi connectivity index (χ0v) is 10.9. The van der Waals surface area contributed by atoms with Gasteiger partial charge in [-0.2, -0.15) is 0 Å². The van der Waals surface area contributed by atoms with Crippen LogP contribution in [0.15, 0.2) is 0 Å². The van der Waals surface area contributed by atoms with Crippen LogP contribution in [0.3, 0.4) is 0 Å². The van der Waals surface area contributed by atoms with Gasteiger partial charge in [-0.05, 0) is 50.4 Å². The van der Waals surface area contributed by atoms with E-state index in [9.17, 15) is 5.11 Å². The van der Waals surface area contributed by atoms with Gasteiger partial charge in [-0.3, -0.25) is 0 Å². The van der Waals surface area contributed by atoms with Crippen LogP contribution in [0.4, 0.5) is 0 Å². The Morgan fingerprint density at radius 2 is 1.18 bits per heavy atom. The molecule has 0 heterocycles. The Morgan fingerprint density at radius 1 is 0.824 bits per heavy atom. The Hall–Kier alpha value is -0.160. The first-order chi connectivity index (χ1) is 8.16. The minimum absolute atomic E-state index is 0.121. The second kappa shape index (κ2) is 9.83. The van der Waals surface area contributed by atoms with Crippen LogP contribution in [0.1, 0.15) is 51.9 Å². The summed E-state index contributed by atoms with van der Waals surface area (Å²) in [6, 6.07) is 0. The van der Waals surface area contributed by atoms with E-state index in [1.807, 2.05) is 6.92 Å². The van der Waals surface area contributed by atoms with Gasteiger partial charge in [0.05, 0.1) is 6.10 Å². The van der Waals surface area contributed by atoms with Crippen LogP contribution in [-0.4, -0.2) is 46.4 Å². The van der Waals surface area contributed by atoms with E-state index in [2.05, 4.69) is 0 Å². The molecule has 0 saturated carbocycles. The predicted molar refractivity (Wildman–Crippen MR) is 67.7 cm³/mol. The summed E-state index contributed by atoms with van der Waals surface area (Å²) in [4.78, 5) is 0. The number of rotatable bonds is 11. The van der Waals surface area contributed by atoms with Crippen LogP contribution >= 0.6 is 0 Å². The third kappa shape index (κ3) is 5.82. The van der Waals surface area contributed by atoms with Crippen LogP contribution < -0.4 is 0 Å². The van der Waals surface area contributed by atoms with Gasteiger partial charge in [0.15, 0.2) is 0 Å². The zero-order valence-electron chi connectivity index (χ0n) is 10.9. The van der Waals surface area contributed by atoms with Gasteiger partial charge in [-0.25, -0.2) is 0 Å². The van der Waals surface area contributed by atoms with Crippen molar-refractivity contribution in [2.75, 3.05) is 19.8 Å². The van der Waals surface area contributed by atoms with Crippen LogP contribution in [-0.2, 0) is 0 Å². The standard InChI is InChI=1S/C13H28O4/c1-2-12(17)13(6-3-9-14,7-4-10-15)8-5-11-16/h12,14-17H,2-11H2,1H3. The predicted octanol–water partition coefficient (Wildman–Crippen LogP) is 1.06. The maximum absolute atomic E-state index is 10.2. The Kier molecular flexibility index (Phi) is 9.74. The summed E-state index contributed by atoms with van der Waals surface area (Å²) >= 11 is 0. The smallest absolute Gasteiger partial charge is 0.0593 e. The first kappa shape index (κ1) is 16.8. The first-order valence-corrected chi connectivity index (χ1v) is 6.67. The maximum atomic E-state index is 10.2. The molecule has 0 aliphatic heterocycles. The van der Waals surface area contributed by atoms with Gasteiger partial charge in [0.2, 0.25) is 0 Å². The maximum Gasteiger partial charge on any atom is 0.0593 e. The molecule has 0 bridgehead atoms. The average Bonchev–Trinajstić information content (AvgIpc) is 2.37. The van der Waals surface area contributed by atoms with E-state index in [4.69, 9.17) is 15.3 Å². The molecule has 4 nitrogen and oxygen atoms in total. The highest BCUT2D eigenvalue weighted by Crippen LogP contribution is 2.39. The third-order valence-electron chi connectivity index (χ3n) is 3.59. The molecule has 0 amide bonds. The SMILES string of the molecule is CCC(O)C(CCCO)(CCCO)CCCO. The summed E-state index contributed by atoms with van der Waals surface area (Å²) in [5, 5.41) is 37.1. The van der Waals surface area contributed by atoms with Gasteiger partial charge in [-0.1, -0.05) is 6.92 Å². The monoisotopic (exact) mass is 248 g/mol. The molecule has 0 aromatic rings. The molecule has 4 heteroatoms. The van der Waals surface area contributed by atoms with Crippen molar-refractivity contribution in [2.45, 2.75) is 58.0 Å². The number of aliphatic hydroxyl groups is 4. The van der Waals surface area contributed by atoms with Gasteiger partial charge in [0.1, 0.15) is 0 Å². The summed E-state index contributed by atoms with van der Waals surface area (Å²) in [5.41, 5.74) is -0.261. The molecule has 1 unspecified atom stereocenters. The molecular formula is C13H28O4. The molecule has 0 spiro atoms. The summed E-state index contributed by atoms with van der Waals surface area (Å²) < 4.78 is 0. The van der Waals surface area contributed by atoms with E-state index in [0.717, 1.165) is 19.3 Å². The van der Waals surface area contributed by atoms with E-state index in [-0.39, 0.29) is 25.2 Å². The highest BCUT2D eigenvalue weighted by molar-refractivity contribution is 4.86. The minimum Gasteiger partial charge on any atom is -0.396 e. The quantitative estimate of drug-likeness (QED) is 0.441. The summed E-state index contributed by atoms with van der Waals surface area (Å²) in [6.07, 6.45) is 4.47. The van der Waals surface area contributed by atoms with Crippen molar-refractivity contribution in [3.05, 3.63) is 0 Å². The molecule has 1 atom stereocenters. The lowest BCUT2D eigenvalue weighted by molar-refractivity contribution is -0.0106. The molecule has 0 aliphatic carbocycles. The van der Waals surface area contributed by atoms with E-state index >= 15 is 0 Å². The van der Waals surface area contributed by atoms with Gasteiger partial charge in [0, 0.05) is 19.8 Å². The Labute approximate surface area is 104 Å². The topological polar surface area (TPSA) is 80.9 Å². The van der Waals surface area contributed by atoms with E-state index in [1.165, 1.54) is 0 Å². The lowest BCUT2D eigenvalue weighted by Crippen LogP contribution is -2.36. The molecule has 0 aliphatic rings. The lowest BCUT2D eigenvalue weighted by atomic mass is 9.70. The van der Waals surface area contributed by atoms with Gasteiger partial charge >= 0.3 is 0 Å². The first-order valence-electron chi connectivity index (χ1n) is 6.67.